The minimum Gasteiger partial charge on any atom is -0.349 e. The summed E-state index contributed by atoms with van der Waals surface area (Å²) in [5.74, 6) is 1.08. The van der Waals surface area contributed by atoms with Gasteiger partial charge >= 0.3 is 0 Å². The predicted octanol–water partition coefficient (Wildman–Crippen LogP) is 2.98. The van der Waals surface area contributed by atoms with Gasteiger partial charge in [-0.15, -0.1) is 0 Å². The minimum atomic E-state index is -0.0605. The number of halogens is 1. The van der Waals surface area contributed by atoms with E-state index in [1.807, 2.05) is 44.3 Å². The number of rotatable bonds is 5. The van der Waals surface area contributed by atoms with Crippen LogP contribution in [0.4, 0.5) is 5.69 Å². The van der Waals surface area contributed by atoms with Gasteiger partial charge in [-0.1, -0.05) is 17.9 Å². The Morgan fingerprint density at radius 3 is 2.93 bits per heavy atom. The Labute approximate surface area is 179 Å². The molecule has 3 atom stereocenters. The molecule has 0 bridgehead atoms. The fourth-order valence-corrected chi connectivity index (χ4v) is 3.83. The fourth-order valence-electron chi connectivity index (χ4n) is 3.51. The molecule has 7 heteroatoms. The molecule has 2 unspecified atom stereocenters. The molecule has 2 saturated heterocycles. The topological polar surface area (TPSA) is 87.5 Å². The third kappa shape index (κ3) is 4.87. The summed E-state index contributed by atoms with van der Waals surface area (Å²) in [7, 11) is 0. The summed E-state index contributed by atoms with van der Waals surface area (Å²) in [6, 6.07) is 6.33. The summed E-state index contributed by atoms with van der Waals surface area (Å²) < 4.78 is 0.847. The Hall–Kier alpha value is -2.18. The van der Waals surface area contributed by atoms with Gasteiger partial charge < -0.3 is 21.3 Å². The Kier molecular flexibility index (Phi) is 6.01. The van der Waals surface area contributed by atoms with Gasteiger partial charge in [0.2, 0.25) is 0 Å². The smallest absolute Gasteiger partial charge is 0.181 e. The van der Waals surface area contributed by atoms with Crippen LogP contribution in [0.3, 0.4) is 0 Å². The number of ketones is 1. The van der Waals surface area contributed by atoms with Gasteiger partial charge in [0.05, 0.1) is 22.3 Å². The van der Waals surface area contributed by atoms with E-state index >= 15 is 0 Å². The van der Waals surface area contributed by atoms with E-state index in [9.17, 15) is 4.79 Å². The Balaban J connectivity index is 1.52. The highest BCUT2D eigenvalue weighted by Crippen LogP contribution is 2.26. The molecule has 4 N–H and O–H groups in total. The fraction of sp³-hybridized carbons (Fsp3) is 0.409. The van der Waals surface area contributed by atoms with E-state index in [0.717, 1.165) is 46.8 Å². The van der Waals surface area contributed by atoms with Crippen LogP contribution >= 0.6 is 15.9 Å². The first-order valence-corrected chi connectivity index (χ1v) is 10.8. The molecule has 3 aliphatic heterocycles. The number of nitrogens with zero attached hydrogens (tertiary/aromatic N) is 1. The summed E-state index contributed by atoms with van der Waals surface area (Å²) in [6.45, 7) is 6.02. The summed E-state index contributed by atoms with van der Waals surface area (Å²) >= 11 is 3.62. The predicted molar refractivity (Wildman–Crippen MR) is 121 cm³/mol. The van der Waals surface area contributed by atoms with Crippen LogP contribution in [0.15, 0.2) is 51.4 Å². The maximum absolute atomic E-state index is 12.5. The summed E-state index contributed by atoms with van der Waals surface area (Å²) in [5.41, 5.74) is 6.82. The molecule has 29 heavy (non-hydrogen) atoms. The van der Waals surface area contributed by atoms with Gasteiger partial charge in [0, 0.05) is 36.5 Å². The number of amidine groups is 1. The molecule has 6 nitrogen and oxygen atoms in total. The number of aryl methyl sites for hydroxylation is 1. The molecule has 4 rings (SSSR count). The van der Waals surface area contributed by atoms with Gasteiger partial charge in [0.25, 0.3) is 0 Å². The van der Waals surface area contributed by atoms with Crippen LogP contribution in [0.1, 0.15) is 35.7 Å². The first-order valence-electron chi connectivity index (χ1n) is 10.0. The lowest BCUT2D eigenvalue weighted by molar-refractivity contribution is 0.0988. The number of anilines is 1. The average molecular weight is 456 g/mol. The molecule has 1 aromatic carbocycles. The summed E-state index contributed by atoms with van der Waals surface area (Å²) in [5, 5.41) is 13.2. The quantitative estimate of drug-likeness (QED) is 0.311. The first kappa shape index (κ1) is 20.1. The van der Waals surface area contributed by atoms with Gasteiger partial charge in [0.1, 0.15) is 5.84 Å². The first-order chi connectivity index (χ1) is 14.0. The second-order valence-corrected chi connectivity index (χ2v) is 8.59. The molecule has 0 spiro atoms. The van der Waals surface area contributed by atoms with Crippen molar-refractivity contribution in [2.24, 2.45) is 4.99 Å². The molecule has 3 aliphatic rings. The zero-order chi connectivity index (χ0) is 20.4. The minimum absolute atomic E-state index is 0.0605. The van der Waals surface area contributed by atoms with Gasteiger partial charge in [-0.3, -0.25) is 9.79 Å². The molecular weight excluding hydrogens is 430 g/mol. The van der Waals surface area contributed by atoms with E-state index in [2.05, 4.69) is 42.9 Å². The second-order valence-electron chi connectivity index (χ2n) is 7.74. The number of carbonyl (C=O) groups excluding carboxylic acids is 1. The third-order valence-electron chi connectivity index (χ3n) is 5.42. The van der Waals surface area contributed by atoms with E-state index in [1.54, 1.807) is 0 Å². The number of hydrogen-bond donors (Lipinski definition) is 4. The summed E-state index contributed by atoms with van der Waals surface area (Å²) in [4.78, 5) is 17.3. The van der Waals surface area contributed by atoms with Gasteiger partial charge in [-0.05, 0) is 60.4 Å². The lowest BCUT2D eigenvalue weighted by Crippen LogP contribution is -2.22. The largest absolute Gasteiger partial charge is 0.349 e. The number of carbonyl (C=O) groups is 1. The van der Waals surface area contributed by atoms with Crippen molar-refractivity contribution in [1.29, 1.82) is 0 Å². The van der Waals surface area contributed by atoms with Crippen molar-refractivity contribution in [3.63, 3.8) is 0 Å². The van der Waals surface area contributed by atoms with Crippen LogP contribution in [0.2, 0.25) is 0 Å². The Morgan fingerprint density at radius 2 is 2.21 bits per heavy atom. The zero-order valence-corrected chi connectivity index (χ0v) is 18.3. The van der Waals surface area contributed by atoms with Crippen LogP contribution in [-0.2, 0) is 0 Å². The SMILES string of the molecule is Cc1ccc(C(=O)C2NC2C)cc1NC1=C=CCC(=N[C@@H]2CCNC2)NC=C1Br. The van der Waals surface area contributed by atoms with Crippen molar-refractivity contribution in [3.05, 3.63) is 57.5 Å². The van der Waals surface area contributed by atoms with Crippen LogP contribution in [-0.4, -0.2) is 42.8 Å². The molecule has 0 aromatic heterocycles. The van der Waals surface area contributed by atoms with Crippen molar-refractivity contribution in [2.75, 3.05) is 18.4 Å². The van der Waals surface area contributed by atoms with Crippen molar-refractivity contribution in [2.45, 2.75) is 44.8 Å². The molecule has 3 heterocycles. The third-order valence-corrected chi connectivity index (χ3v) is 6.04. The second kappa shape index (κ2) is 8.67. The number of hydrogen-bond acceptors (Lipinski definition) is 5. The Bertz CT molecular complexity index is 939. The normalized spacial score (nSPS) is 27.6. The van der Waals surface area contributed by atoms with Gasteiger partial charge in [0.15, 0.2) is 5.78 Å². The van der Waals surface area contributed by atoms with Crippen LogP contribution in [0.25, 0.3) is 0 Å². The standard InChI is InChI=1S/C22H26BrN5O/c1-13-6-7-15(22(29)21-14(2)26-21)10-19(13)28-18-4-3-5-20(25-12-17(18)23)27-16-8-9-24-11-16/h3,6-7,10,12,14,16,21,24,26,28H,5,8-9,11H2,1-2H3,(H,25,27)/t4?,14?,16-,21?/m1/s1. The molecule has 0 aliphatic carbocycles. The van der Waals surface area contributed by atoms with Crippen molar-refractivity contribution in [3.8, 4) is 0 Å². The van der Waals surface area contributed by atoms with E-state index in [1.165, 1.54) is 0 Å². The van der Waals surface area contributed by atoms with Crippen LogP contribution in [0.5, 0.6) is 0 Å². The van der Waals surface area contributed by atoms with Gasteiger partial charge in [-0.25, -0.2) is 0 Å². The molecule has 2 fully saturated rings. The monoisotopic (exact) mass is 455 g/mol. The molecule has 0 saturated carbocycles. The highest BCUT2D eigenvalue weighted by atomic mass is 79.9. The van der Waals surface area contributed by atoms with Gasteiger partial charge in [-0.2, -0.15) is 0 Å². The number of nitrogens with one attached hydrogen (secondary N) is 4. The van der Waals surface area contributed by atoms with Crippen molar-refractivity contribution in [1.82, 2.24) is 16.0 Å². The molecule has 0 radical (unpaired) electrons. The zero-order valence-electron chi connectivity index (χ0n) is 16.7. The van der Waals surface area contributed by atoms with E-state index in [0.29, 0.717) is 18.0 Å². The van der Waals surface area contributed by atoms with E-state index in [-0.39, 0.29) is 17.9 Å². The number of aliphatic imine (C=N–C) groups is 1. The number of Topliss-reactive ketones (excluding diaryl/α,β-unsaturated/α-hetero) is 1. The van der Waals surface area contributed by atoms with Crippen LogP contribution < -0.4 is 21.3 Å². The van der Waals surface area contributed by atoms with Crippen LogP contribution in [0, 0.1) is 6.92 Å². The molecule has 152 valence electrons. The van der Waals surface area contributed by atoms with E-state index in [4.69, 9.17) is 4.99 Å². The lowest BCUT2D eigenvalue weighted by Gasteiger charge is -2.15. The average Bonchev–Trinajstić information content (AvgIpc) is 3.20. The van der Waals surface area contributed by atoms with E-state index < -0.39 is 0 Å². The molecule has 0 amide bonds. The highest BCUT2D eigenvalue weighted by molar-refractivity contribution is 9.12. The Morgan fingerprint density at radius 1 is 1.38 bits per heavy atom. The maximum Gasteiger partial charge on any atom is 0.181 e. The molecule has 1 aromatic rings. The maximum atomic E-state index is 12.5. The lowest BCUT2D eigenvalue weighted by atomic mass is 10.0. The van der Waals surface area contributed by atoms with Crippen molar-refractivity contribution >= 4 is 33.2 Å². The molecular formula is C22H26BrN5O. The number of benzene rings is 1. The summed E-state index contributed by atoms with van der Waals surface area (Å²) in [6.07, 6.45) is 5.64. The highest BCUT2D eigenvalue weighted by Gasteiger charge is 2.38. The van der Waals surface area contributed by atoms with Crippen molar-refractivity contribution < 1.29 is 4.79 Å².